The summed E-state index contributed by atoms with van der Waals surface area (Å²) < 4.78 is 20.3. The van der Waals surface area contributed by atoms with Gasteiger partial charge in [0.05, 0.1) is 5.39 Å². The van der Waals surface area contributed by atoms with Gasteiger partial charge < -0.3 is 9.42 Å². The Hall–Kier alpha value is -3.62. The van der Waals surface area contributed by atoms with Gasteiger partial charge in [-0.25, -0.2) is 14.4 Å². The molecule has 2 fully saturated rings. The van der Waals surface area contributed by atoms with Crippen molar-refractivity contribution in [1.82, 2.24) is 24.7 Å². The summed E-state index contributed by atoms with van der Waals surface area (Å²) in [4.78, 5) is 27.6. The Morgan fingerprint density at radius 2 is 2.00 bits per heavy atom. The Kier molecular flexibility index (Phi) is 3.71. The molecule has 0 N–H and O–H groups in total. The van der Waals surface area contributed by atoms with Crippen molar-refractivity contribution < 1.29 is 8.91 Å². The Balaban J connectivity index is 1.16. The van der Waals surface area contributed by atoms with Crippen LogP contribution in [0.25, 0.3) is 11.0 Å². The molecule has 0 spiro atoms. The summed E-state index contributed by atoms with van der Waals surface area (Å²) in [7, 11) is 0. The van der Waals surface area contributed by atoms with Crippen LogP contribution in [0, 0.1) is 17.7 Å². The molecule has 3 atom stereocenters. The van der Waals surface area contributed by atoms with Gasteiger partial charge in [0.1, 0.15) is 18.7 Å². The van der Waals surface area contributed by atoms with Gasteiger partial charge in [-0.2, -0.15) is 4.98 Å². The lowest BCUT2D eigenvalue weighted by Crippen LogP contribution is -2.23. The Bertz CT molecular complexity index is 1310. The molecule has 8 nitrogen and oxygen atoms in total. The third kappa shape index (κ3) is 2.77. The Morgan fingerprint density at radius 3 is 2.83 bits per heavy atom. The van der Waals surface area contributed by atoms with Crippen LogP contribution in [0.1, 0.15) is 17.6 Å². The molecule has 6 rings (SSSR count). The van der Waals surface area contributed by atoms with Crippen molar-refractivity contribution in [2.75, 3.05) is 18.0 Å². The third-order valence-corrected chi connectivity index (χ3v) is 6.05. The van der Waals surface area contributed by atoms with Crippen LogP contribution in [0.15, 0.2) is 58.2 Å². The van der Waals surface area contributed by atoms with Crippen molar-refractivity contribution in [1.29, 1.82) is 0 Å². The molecular formula is C21H17FN6O2. The summed E-state index contributed by atoms with van der Waals surface area (Å²) in [6.07, 6.45) is 3.05. The Labute approximate surface area is 170 Å². The summed E-state index contributed by atoms with van der Waals surface area (Å²) in [5, 5.41) is 4.60. The van der Waals surface area contributed by atoms with Crippen LogP contribution in [0.3, 0.4) is 0 Å². The first-order valence-corrected chi connectivity index (χ1v) is 9.80. The van der Waals surface area contributed by atoms with Crippen molar-refractivity contribution in [3.05, 3.63) is 76.8 Å². The highest BCUT2D eigenvalue weighted by Crippen LogP contribution is 2.57. The van der Waals surface area contributed by atoms with Gasteiger partial charge in [0.15, 0.2) is 11.5 Å². The fraction of sp³-hybridized carbons (Fsp3) is 0.286. The minimum absolute atomic E-state index is 0.168. The molecule has 0 radical (unpaired) electrons. The van der Waals surface area contributed by atoms with E-state index < -0.39 is 0 Å². The third-order valence-electron chi connectivity index (χ3n) is 6.05. The number of hydrogen-bond acceptors (Lipinski definition) is 7. The molecule has 1 saturated carbocycles. The summed E-state index contributed by atoms with van der Waals surface area (Å²) in [5.41, 5.74) is 1.13. The monoisotopic (exact) mass is 404 g/mol. The Morgan fingerprint density at radius 1 is 1.13 bits per heavy atom. The number of benzene rings is 1. The lowest BCUT2D eigenvalue weighted by molar-refractivity contribution is 0.363. The molecule has 4 heterocycles. The van der Waals surface area contributed by atoms with Gasteiger partial charge >= 0.3 is 0 Å². The van der Waals surface area contributed by atoms with Crippen LogP contribution in [-0.2, 0) is 6.54 Å². The second kappa shape index (κ2) is 6.45. The quantitative estimate of drug-likeness (QED) is 0.515. The molecule has 1 aliphatic carbocycles. The van der Waals surface area contributed by atoms with Gasteiger partial charge in [-0.05, 0) is 42.2 Å². The van der Waals surface area contributed by atoms with Crippen molar-refractivity contribution in [3.63, 3.8) is 0 Å². The minimum atomic E-state index is -0.221. The number of fused-ring (bicyclic) bond motifs is 2. The van der Waals surface area contributed by atoms with Crippen molar-refractivity contribution >= 4 is 16.7 Å². The van der Waals surface area contributed by atoms with Crippen molar-refractivity contribution in [2.45, 2.75) is 12.5 Å². The summed E-state index contributed by atoms with van der Waals surface area (Å²) in [6.45, 7) is 1.87. The molecule has 9 heteroatoms. The molecule has 3 aromatic heterocycles. The van der Waals surface area contributed by atoms with Gasteiger partial charge in [-0.1, -0.05) is 11.2 Å². The zero-order valence-corrected chi connectivity index (χ0v) is 15.8. The maximum atomic E-state index is 13.5. The van der Waals surface area contributed by atoms with Gasteiger partial charge in [-0.3, -0.25) is 9.36 Å². The number of halogens is 1. The predicted octanol–water partition coefficient (Wildman–Crippen LogP) is 2.21. The first-order chi connectivity index (χ1) is 14.7. The van der Waals surface area contributed by atoms with E-state index in [9.17, 15) is 9.18 Å². The van der Waals surface area contributed by atoms with E-state index in [-0.39, 0.29) is 23.8 Å². The van der Waals surface area contributed by atoms with Crippen LogP contribution in [-0.4, -0.2) is 37.8 Å². The van der Waals surface area contributed by atoms with Crippen molar-refractivity contribution in [2.24, 2.45) is 11.8 Å². The molecule has 2 unspecified atom stereocenters. The highest BCUT2D eigenvalue weighted by atomic mass is 19.1. The molecule has 30 heavy (non-hydrogen) atoms. The lowest BCUT2D eigenvalue weighted by atomic mass is 10.2. The SMILES string of the molecule is O=c1c2cccnc2ncn1Cc1nc(C2C3CN(c4cccc(F)c4)C[C@@H]32)no1. The van der Waals surface area contributed by atoms with Gasteiger partial charge in [-0.15, -0.1) is 0 Å². The van der Waals surface area contributed by atoms with Crippen LogP contribution in [0.5, 0.6) is 0 Å². The number of aromatic nitrogens is 5. The first kappa shape index (κ1) is 17.3. The highest BCUT2D eigenvalue weighted by Gasteiger charge is 2.58. The number of nitrogens with zero attached hydrogens (tertiary/aromatic N) is 6. The number of hydrogen-bond donors (Lipinski definition) is 0. The molecule has 1 aliphatic heterocycles. The second-order valence-corrected chi connectivity index (χ2v) is 7.84. The second-order valence-electron chi connectivity index (χ2n) is 7.84. The van der Waals surface area contributed by atoms with E-state index in [0.717, 1.165) is 18.8 Å². The summed E-state index contributed by atoms with van der Waals surface area (Å²) in [5.74, 6) is 1.97. The highest BCUT2D eigenvalue weighted by molar-refractivity contribution is 5.72. The van der Waals surface area contributed by atoms with Gasteiger partial charge in [0.25, 0.3) is 5.56 Å². The minimum Gasteiger partial charge on any atom is -0.371 e. The van der Waals surface area contributed by atoms with E-state index in [4.69, 9.17) is 4.52 Å². The van der Waals surface area contributed by atoms with Crippen LogP contribution in [0.4, 0.5) is 10.1 Å². The van der Waals surface area contributed by atoms with Gasteiger partial charge in [0, 0.05) is 30.9 Å². The van der Waals surface area contributed by atoms with E-state index in [1.54, 1.807) is 30.5 Å². The summed E-state index contributed by atoms with van der Waals surface area (Å²) >= 11 is 0. The fourth-order valence-electron chi connectivity index (χ4n) is 4.52. The average molecular weight is 404 g/mol. The summed E-state index contributed by atoms with van der Waals surface area (Å²) in [6, 6.07) is 10.1. The van der Waals surface area contributed by atoms with E-state index >= 15 is 0 Å². The standard InChI is InChI=1S/C21H17FN6O2/c22-12-3-1-4-13(7-12)27-8-15-16(9-27)18(15)20-25-17(30-26-20)10-28-11-24-19-14(21(28)29)5-2-6-23-19/h1-7,11,15-16,18H,8-10H2/t15-,16?,18?/m0/s1. The zero-order valence-electron chi connectivity index (χ0n) is 15.8. The van der Waals surface area contributed by atoms with E-state index in [0.29, 0.717) is 34.6 Å². The van der Waals surface area contributed by atoms with Gasteiger partial charge in [0.2, 0.25) is 5.89 Å². The van der Waals surface area contributed by atoms with Crippen molar-refractivity contribution in [3.8, 4) is 0 Å². The smallest absolute Gasteiger partial charge is 0.263 e. The van der Waals surface area contributed by atoms with Crippen LogP contribution in [0.2, 0.25) is 0 Å². The van der Waals surface area contributed by atoms with Crippen LogP contribution >= 0.6 is 0 Å². The van der Waals surface area contributed by atoms with Crippen LogP contribution < -0.4 is 10.5 Å². The molecule has 1 aromatic carbocycles. The molecule has 0 amide bonds. The largest absolute Gasteiger partial charge is 0.371 e. The van der Waals surface area contributed by atoms with E-state index in [1.165, 1.54) is 17.0 Å². The molecule has 4 aromatic rings. The normalized spacial score (nSPS) is 22.4. The number of pyridine rings is 1. The molecule has 1 saturated heterocycles. The maximum Gasteiger partial charge on any atom is 0.263 e. The topological polar surface area (TPSA) is 89.9 Å². The van der Waals surface area contributed by atoms with E-state index in [2.05, 4.69) is 25.0 Å². The number of anilines is 1. The predicted molar refractivity (Wildman–Crippen MR) is 106 cm³/mol. The molecule has 2 aliphatic rings. The molecule has 150 valence electrons. The average Bonchev–Trinajstić information content (AvgIpc) is 3.10. The zero-order chi connectivity index (χ0) is 20.2. The fourth-order valence-corrected chi connectivity index (χ4v) is 4.52. The maximum absolute atomic E-state index is 13.5. The number of rotatable bonds is 4. The number of piperidine rings is 1. The lowest BCUT2D eigenvalue weighted by Gasteiger charge is -2.21. The first-order valence-electron chi connectivity index (χ1n) is 9.80. The van der Waals surface area contributed by atoms with E-state index in [1.807, 2.05) is 6.07 Å². The molecular weight excluding hydrogens is 387 g/mol. The molecule has 0 bridgehead atoms.